The van der Waals surface area contributed by atoms with E-state index in [4.69, 9.17) is 9.47 Å². The molecule has 0 saturated carbocycles. The van der Waals surface area contributed by atoms with Crippen molar-refractivity contribution in [1.29, 1.82) is 0 Å². The number of nitrogens with one attached hydrogen (secondary N) is 1. The van der Waals surface area contributed by atoms with Crippen LogP contribution in [0.1, 0.15) is 25.5 Å². The fourth-order valence-corrected chi connectivity index (χ4v) is 1.78. The van der Waals surface area contributed by atoms with Crippen LogP contribution in [0.2, 0.25) is 0 Å². The average molecular weight is 255 g/mol. The maximum absolute atomic E-state index is 13.3. The summed E-state index contributed by atoms with van der Waals surface area (Å²) in [5.41, 5.74) is 1.01. The zero-order chi connectivity index (χ0) is 13.5. The van der Waals surface area contributed by atoms with Crippen molar-refractivity contribution in [2.75, 3.05) is 27.4 Å². The molecular weight excluding hydrogens is 233 g/mol. The van der Waals surface area contributed by atoms with Gasteiger partial charge in [-0.2, -0.15) is 0 Å². The van der Waals surface area contributed by atoms with Crippen LogP contribution < -0.4 is 10.1 Å². The lowest BCUT2D eigenvalue weighted by molar-refractivity contribution is 0.157. The van der Waals surface area contributed by atoms with E-state index in [0.717, 1.165) is 18.7 Å². The van der Waals surface area contributed by atoms with E-state index < -0.39 is 0 Å². The Morgan fingerprint density at radius 2 is 2.00 bits per heavy atom. The number of rotatable bonds is 7. The molecule has 1 rings (SSSR count). The smallest absolute Gasteiger partial charge is 0.165 e. The quantitative estimate of drug-likeness (QED) is 0.812. The lowest BCUT2D eigenvalue weighted by atomic mass is 10.1. The molecule has 0 aliphatic carbocycles. The Bertz CT molecular complexity index is 371. The zero-order valence-electron chi connectivity index (χ0n) is 11.5. The normalized spacial score (nSPS) is 14.3. The molecule has 0 heterocycles. The summed E-state index contributed by atoms with van der Waals surface area (Å²) in [7, 11) is 3.17. The molecule has 0 aliphatic heterocycles. The van der Waals surface area contributed by atoms with Gasteiger partial charge in [0.2, 0.25) is 0 Å². The van der Waals surface area contributed by atoms with Gasteiger partial charge < -0.3 is 14.8 Å². The minimum Gasteiger partial charge on any atom is -0.494 e. The van der Waals surface area contributed by atoms with Gasteiger partial charge in [0.1, 0.15) is 0 Å². The second kappa shape index (κ2) is 7.34. The van der Waals surface area contributed by atoms with Crippen molar-refractivity contribution in [3.8, 4) is 5.75 Å². The molecule has 1 aromatic carbocycles. The summed E-state index contributed by atoms with van der Waals surface area (Å²) in [6, 6.07) is 5.09. The topological polar surface area (TPSA) is 30.5 Å². The summed E-state index contributed by atoms with van der Waals surface area (Å²) in [6.07, 6.45) is 0. The summed E-state index contributed by atoms with van der Waals surface area (Å²) >= 11 is 0. The largest absolute Gasteiger partial charge is 0.494 e. The van der Waals surface area contributed by atoms with Crippen LogP contribution >= 0.6 is 0 Å². The molecule has 0 aromatic heterocycles. The highest BCUT2D eigenvalue weighted by atomic mass is 19.1. The number of benzene rings is 1. The third kappa shape index (κ3) is 4.27. The fourth-order valence-electron chi connectivity index (χ4n) is 1.78. The molecule has 2 atom stereocenters. The summed E-state index contributed by atoms with van der Waals surface area (Å²) in [5, 5.41) is 3.40. The van der Waals surface area contributed by atoms with Gasteiger partial charge in [0, 0.05) is 26.3 Å². The molecule has 0 amide bonds. The predicted molar refractivity (Wildman–Crippen MR) is 70.4 cm³/mol. The summed E-state index contributed by atoms with van der Waals surface area (Å²) in [5.74, 6) is 0.395. The lowest BCUT2D eigenvalue weighted by Gasteiger charge is -2.18. The van der Waals surface area contributed by atoms with Crippen LogP contribution in [0, 0.1) is 11.7 Å². The molecule has 0 bridgehead atoms. The van der Waals surface area contributed by atoms with Crippen LogP contribution in [-0.2, 0) is 4.74 Å². The monoisotopic (exact) mass is 255 g/mol. The second-order valence-electron chi connectivity index (χ2n) is 4.58. The van der Waals surface area contributed by atoms with Gasteiger partial charge in [0.25, 0.3) is 0 Å². The Morgan fingerprint density at radius 1 is 1.28 bits per heavy atom. The van der Waals surface area contributed by atoms with Gasteiger partial charge in [-0.05, 0) is 30.5 Å². The molecule has 2 unspecified atom stereocenters. The second-order valence-corrected chi connectivity index (χ2v) is 4.58. The summed E-state index contributed by atoms with van der Waals surface area (Å²) < 4.78 is 23.3. The van der Waals surface area contributed by atoms with Crippen LogP contribution in [0.4, 0.5) is 4.39 Å². The van der Waals surface area contributed by atoms with Crippen molar-refractivity contribution < 1.29 is 13.9 Å². The van der Waals surface area contributed by atoms with E-state index in [0.29, 0.717) is 5.92 Å². The van der Waals surface area contributed by atoms with Crippen LogP contribution in [0.5, 0.6) is 5.75 Å². The van der Waals surface area contributed by atoms with Gasteiger partial charge in [0.15, 0.2) is 11.6 Å². The van der Waals surface area contributed by atoms with Crippen molar-refractivity contribution in [2.45, 2.75) is 19.9 Å². The van der Waals surface area contributed by atoms with Gasteiger partial charge >= 0.3 is 0 Å². The van der Waals surface area contributed by atoms with Gasteiger partial charge in [-0.25, -0.2) is 4.39 Å². The third-order valence-corrected chi connectivity index (χ3v) is 2.90. The highest BCUT2D eigenvalue weighted by Crippen LogP contribution is 2.22. The summed E-state index contributed by atoms with van der Waals surface area (Å²) in [6.45, 7) is 5.75. The third-order valence-electron chi connectivity index (χ3n) is 2.90. The Kier molecular flexibility index (Phi) is 6.09. The van der Waals surface area contributed by atoms with Gasteiger partial charge in [0.05, 0.1) is 7.11 Å². The van der Waals surface area contributed by atoms with Crippen molar-refractivity contribution in [3.05, 3.63) is 29.6 Å². The minimum absolute atomic E-state index is 0.152. The van der Waals surface area contributed by atoms with E-state index >= 15 is 0 Å². The predicted octanol–water partition coefficient (Wildman–Crippen LogP) is 2.77. The van der Waals surface area contributed by atoms with Crippen molar-refractivity contribution in [1.82, 2.24) is 5.32 Å². The molecule has 1 N–H and O–H groups in total. The molecule has 1 aromatic rings. The molecule has 0 fully saturated rings. The molecular formula is C14H22FNO2. The van der Waals surface area contributed by atoms with Crippen LogP contribution in [0.3, 0.4) is 0 Å². The van der Waals surface area contributed by atoms with E-state index in [9.17, 15) is 4.39 Å². The van der Waals surface area contributed by atoms with Crippen LogP contribution in [0.25, 0.3) is 0 Å². The number of ether oxygens (including phenoxy) is 2. The number of hydrogen-bond acceptors (Lipinski definition) is 3. The van der Waals surface area contributed by atoms with E-state index in [-0.39, 0.29) is 17.6 Å². The van der Waals surface area contributed by atoms with Crippen LogP contribution in [-0.4, -0.2) is 27.4 Å². The molecule has 0 radical (unpaired) electrons. The molecule has 4 heteroatoms. The first-order chi connectivity index (χ1) is 8.58. The first kappa shape index (κ1) is 14.9. The van der Waals surface area contributed by atoms with E-state index in [1.165, 1.54) is 13.2 Å². The Morgan fingerprint density at radius 3 is 2.61 bits per heavy atom. The number of methoxy groups -OCH3 is 2. The highest BCUT2D eigenvalue weighted by molar-refractivity contribution is 5.31. The molecule has 3 nitrogen and oxygen atoms in total. The summed E-state index contributed by atoms with van der Waals surface area (Å²) in [4.78, 5) is 0. The van der Waals surface area contributed by atoms with Crippen molar-refractivity contribution >= 4 is 0 Å². The van der Waals surface area contributed by atoms with Gasteiger partial charge in [-0.3, -0.25) is 0 Å². The van der Waals surface area contributed by atoms with Crippen molar-refractivity contribution in [3.63, 3.8) is 0 Å². The van der Waals surface area contributed by atoms with Gasteiger partial charge in [-0.15, -0.1) is 0 Å². The minimum atomic E-state index is -0.332. The van der Waals surface area contributed by atoms with E-state index in [2.05, 4.69) is 12.2 Å². The molecule has 102 valence electrons. The number of hydrogen-bond donors (Lipinski definition) is 1. The standard InChI is InChI=1S/C14H22FNO2/c1-10(9-17-3)8-16-11(2)12-5-6-13(15)14(7-12)18-4/h5-7,10-11,16H,8-9H2,1-4H3. The van der Waals surface area contributed by atoms with Crippen LogP contribution in [0.15, 0.2) is 18.2 Å². The maximum Gasteiger partial charge on any atom is 0.165 e. The Labute approximate surface area is 108 Å². The number of halogens is 1. The molecule has 0 saturated heterocycles. The SMILES string of the molecule is COCC(C)CNC(C)c1ccc(F)c(OC)c1. The fraction of sp³-hybridized carbons (Fsp3) is 0.571. The first-order valence-corrected chi connectivity index (χ1v) is 6.14. The Hall–Kier alpha value is -1.13. The van der Waals surface area contributed by atoms with Crippen molar-refractivity contribution in [2.24, 2.45) is 5.92 Å². The van der Waals surface area contributed by atoms with E-state index in [1.807, 2.05) is 6.92 Å². The molecule has 0 spiro atoms. The van der Waals surface area contributed by atoms with Gasteiger partial charge in [-0.1, -0.05) is 13.0 Å². The zero-order valence-corrected chi connectivity index (χ0v) is 11.5. The lowest BCUT2D eigenvalue weighted by Crippen LogP contribution is -2.26. The Balaban J connectivity index is 2.58. The maximum atomic E-state index is 13.3. The highest BCUT2D eigenvalue weighted by Gasteiger charge is 2.10. The average Bonchev–Trinajstić information content (AvgIpc) is 2.37. The van der Waals surface area contributed by atoms with E-state index in [1.54, 1.807) is 19.2 Å². The molecule has 0 aliphatic rings. The first-order valence-electron chi connectivity index (χ1n) is 6.14. The molecule has 18 heavy (non-hydrogen) atoms.